The fraction of sp³-hybridized carbons (Fsp3) is 0.304. The molecule has 4 rings (SSSR count). The van der Waals surface area contributed by atoms with Gasteiger partial charge in [0.25, 0.3) is 5.91 Å². The predicted octanol–water partition coefficient (Wildman–Crippen LogP) is 2.53. The maximum absolute atomic E-state index is 12.9. The van der Waals surface area contributed by atoms with Gasteiger partial charge in [0.1, 0.15) is 11.9 Å². The lowest BCUT2D eigenvalue weighted by molar-refractivity contribution is -0.126. The van der Waals surface area contributed by atoms with E-state index >= 15 is 0 Å². The Hall–Kier alpha value is -3.68. The van der Waals surface area contributed by atoms with Crippen molar-refractivity contribution in [2.24, 2.45) is 13.0 Å². The Balaban J connectivity index is 1.52. The van der Waals surface area contributed by atoms with Gasteiger partial charge in [-0.15, -0.1) is 0 Å². The van der Waals surface area contributed by atoms with Crippen LogP contribution in [-0.4, -0.2) is 33.3 Å². The summed E-state index contributed by atoms with van der Waals surface area (Å²) in [7, 11) is 1.92. The zero-order chi connectivity index (χ0) is 22.1. The zero-order valence-corrected chi connectivity index (χ0v) is 17.7. The summed E-state index contributed by atoms with van der Waals surface area (Å²) < 4.78 is 1.97. The van der Waals surface area contributed by atoms with Gasteiger partial charge in [0.05, 0.1) is 34.7 Å². The number of anilines is 1. The summed E-state index contributed by atoms with van der Waals surface area (Å²) in [5.41, 5.74) is 2.64. The number of benzene rings is 2. The number of para-hydroxylation sites is 3. The average molecular weight is 419 g/mol. The lowest BCUT2D eigenvalue weighted by Crippen LogP contribution is -2.45. The predicted molar refractivity (Wildman–Crippen MR) is 117 cm³/mol. The smallest absolute Gasteiger partial charge is 0.254 e. The van der Waals surface area contributed by atoms with Crippen LogP contribution in [0.2, 0.25) is 0 Å². The summed E-state index contributed by atoms with van der Waals surface area (Å²) in [4.78, 5) is 42.7. The fourth-order valence-corrected chi connectivity index (χ4v) is 3.84. The lowest BCUT2D eigenvalue weighted by Gasteiger charge is -2.23. The second kappa shape index (κ2) is 8.22. The molecule has 0 unspecified atom stereocenters. The van der Waals surface area contributed by atoms with Crippen molar-refractivity contribution < 1.29 is 14.4 Å². The minimum absolute atomic E-state index is 0.0706. The van der Waals surface area contributed by atoms with Gasteiger partial charge >= 0.3 is 0 Å². The minimum atomic E-state index is -0.965. The highest BCUT2D eigenvalue weighted by molar-refractivity contribution is 6.10. The topological polar surface area (TPSA) is 105 Å². The van der Waals surface area contributed by atoms with Crippen molar-refractivity contribution in [3.8, 4) is 0 Å². The van der Waals surface area contributed by atoms with E-state index in [2.05, 4.69) is 16.0 Å². The number of hydrogen-bond acceptors (Lipinski definition) is 4. The van der Waals surface area contributed by atoms with Gasteiger partial charge in [-0.2, -0.15) is 0 Å². The first kappa shape index (κ1) is 20.6. The number of carbonyl (C=O) groups is 3. The second-order valence-electron chi connectivity index (χ2n) is 8.07. The number of nitrogens with one attached hydrogen (secondary N) is 3. The Labute approximate surface area is 180 Å². The Morgan fingerprint density at radius 3 is 2.58 bits per heavy atom. The van der Waals surface area contributed by atoms with Crippen molar-refractivity contribution in [3.63, 3.8) is 0 Å². The molecule has 2 heterocycles. The summed E-state index contributed by atoms with van der Waals surface area (Å²) in [6, 6.07) is 13.2. The molecule has 2 aromatic carbocycles. The molecular weight excluding hydrogens is 394 g/mol. The summed E-state index contributed by atoms with van der Waals surface area (Å²) in [5.74, 6) is -0.329. The molecule has 0 radical (unpaired) electrons. The Morgan fingerprint density at radius 1 is 1.13 bits per heavy atom. The Morgan fingerprint density at radius 2 is 1.84 bits per heavy atom. The van der Waals surface area contributed by atoms with Crippen LogP contribution in [0.1, 0.15) is 42.5 Å². The van der Waals surface area contributed by atoms with Crippen LogP contribution in [0.3, 0.4) is 0 Å². The second-order valence-corrected chi connectivity index (χ2v) is 8.07. The van der Waals surface area contributed by atoms with Gasteiger partial charge in [0, 0.05) is 7.05 Å². The number of carbonyl (C=O) groups excluding carboxylic acids is 3. The minimum Gasteiger partial charge on any atom is -0.346 e. The number of aromatic nitrogens is 2. The molecule has 1 aliphatic heterocycles. The monoisotopic (exact) mass is 419 g/mol. The molecule has 8 heteroatoms. The quantitative estimate of drug-likeness (QED) is 0.591. The van der Waals surface area contributed by atoms with E-state index in [-0.39, 0.29) is 30.2 Å². The first-order valence-electron chi connectivity index (χ1n) is 10.3. The molecule has 3 amide bonds. The molecule has 1 aromatic heterocycles. The summed E-state index contributed by atoms with van der Waals surface area (Å²) >= 11 is 0. The van der Waals surface area contributed by atoms with Crippen LogP contribution in [0.15, 0.2) is 48.5 Å². The molecule has 31 heavy (non-hydrogen) atoms. The van der Waals surface area contributed by atoms with Crippen LogP contribution >= 0.6 is 0 Å². The number of aryl methyl sites for hydroxylation is 1. The summed E-state index contributed by atoms with van der Waals surface area (Å²) in [6.45, 7) is 4.00. The molecule has 0 saturated heterocycles. The van der Waals surface area contributed by atoms with E-state index in [0.29, 0.717) is 11.3 Å². The molecule has 2 atom stereocenters. The first-order valence-corrected chi connectivity index (χ1v) is 10.3. The Kier molecular flexibility index (Phi) is 5.46. The molecular formula is C23H25N5O3. The van der Waals surface area contributed by atoms with Crippen molar-refractivity contribution in [3.05, 3.63) is 59.9 Å². The van der Waals surface area contributed by atoms with E-state index < -0.39 is 11.9 Å². The van der Waals surface area contributed by atoms with Crippen LogP contribution in [-0.2, 0) is 16.6 Å². The molecule has 160 valence electrons. The maximum atomic E-state index is 12.9. The average Bonchev–Trinajstić information content (AvgIpc) is 3.02. The van der Waals surface area contributed by atoms with E-state index in [1.165, 1.54) is 0 Å². The van der Waals surface area contributed by atoms with E-state index in [1.54, 1.807) is 24.3 Å². The number of hydrogen-bond donors (Lipinski definition) is 3. The SMILES string of the molecule is CC(C)[C@@H](NC(=O)C[C@@H]1NC(=O)c2ccccc2NC1=O)c1nc2ccccc2n1C. The maximum Gasteiger partial charge on any atom is 0.254 e. The number of nitrogens with zero attached hydrogens (tertiary/aromatic N) is 2. The van der Waals surface area contributed by atoms with Gasteiger partial charge in [-0.05, 0) is 30.2 Å². The highest BCUT2D eigenvalue weighted by Gasteiger charge is 2.31. The highest BCUT2D eigenvalue weighted by Crippen LogP contribution is 2.25. The summed E-state index contributed by atoms with van der Waals surface area (Å²) in [6.07, 6.45) is -0.168. The van der Waals surface area contributed by atoms with Gasteiger partial charge in [0.2, 0.25) is 11.8 Å². The van der Waals surface area contributed by atoms with E-state index in [4.69, 9.17) is 4.98 Å². The molecule has 1 aliphatic rings. The van der Waals surface area contributed by atoms with Crippen LogP contribution in [0, 0.1) is 5.92 Å². The van der Waals surface area contributed by atoms with Crippen molar-refractivity contribution in [2.75, 3.05) is 5.32 Å². The molecule has 8 nitrogen and oxygen atoms in total. The van der Waals surface area contributed by atoms with Gasteiger partial charge in [-0.25, -0.2) is 4.98 Å². The van der Waals surface area contributed by atoms with Gasteiger partial charge < -0.3 is 20.5 Å². The molecule has 3 N–H and O–H groups in total. The van der Waals surface area contributed by atoms with Crippen molar-refractivity contribution in [1.82, 2.24) is 20.2 Å². The summed E-state index contributed by atoms with van der Waals surface area (Å²) in [5, 5.41) is 8.39. The van der Waals surface area contributed by atoms with Crippen LogP contribution < -0.4 is 16.0 Å². The largest absolute Gasteiger partial charge is 0.346 e. The number of rotatable bonds is 5. The highest BCUT2D eigenvalue weighted by atomic mass is 16.2. The molecule has 0 saturated carbocycles. The number of imidazole rings is 1. The van der Waals surface area contributed by atoms with E-state index in [0.717, 1.165) is 16.9 Å². The molecule has 3 aromatic rings. The number of fused-ring (bicyclic) bond motifs is 2. The Bertz CT molecular complexity index is 1170. The molecule has 0 bridgehead atoms. The first-order chi connectivity index (χ1) is 14.8. The zero-order valence-electron chi connectivity index (χ0n) is 17.7. The van der Waals surface area contributed by atoms with E-state index in [1.807, 2.05) is 49.7 Å². The lowest BCUT2D eigenvalue weighted by atomic mass is 10.0. The third kappa shape index (κ3) is 4.01. The van der Waals surface area contributed by atoms with Gasteiger partial charge in [-0.1, -0.05) is 38.1 Å². The van der Waals surface area contributed by atoms with Crippen molar-refractivity contribution in [2.45, 2.75) is 32.4 Å². The molecule has 0 aliphatic carbocycles. The van der Waals surface area contributed by atoms with Gasteiger partial charge in [-0.3, -0.25) is 14.4 Å². The van der Waals surface area contributed by atoms with Crippen molar-refractivity contribution >= 4 is 34.4 Å². The van der Waals surface area contributed by atoms with Crippen LogP contribution in [0.4, 0.5) is 5.69 Å². The van der Waals surface area contributed by atoms with Crippen molar-refractivity contribution in [1.29, 1.82) is 0 Å². The van der Waals surface area contributed by atoms with E-state index in [9.17, 15) is 14.4 Å². The van der Waals surface area contributed by atoms with Gasteiger partial charge in [0.15, 0.2) is 0 Å². The normalized spacial score (nSPS) is 17.0. The standard InChI is InChI=1S/C23H25N5O3/c1-13(2)20(21-24-16-10-6-7-11-18(16)28(21)3)27-19(29)12-17-23(31)25-15-9-5-4-8-14(15)22(30)26-17/h4-11,13,17,20H,12H2,1-3H3,(H,25,31)(H,26,30)(H,27,29)/t17-,20+/m0/s1. The van der Waals surface area contributed by atoms with Crippen LogP contribution in [0.5, 0.6) is 0 Å². The third-order valence-corrected chi connectivity index (χ3v) is 5.52. The van der Waals surface area contributed by atoms with Crippen LogP contribution in [0.25, 0.3) is 11.0 Å². The molecule has 0 fully saturated rings. The fourth-order valence-electron chi connectivity index (χ4n) is 3.84. The third-order valence-electron chi connectivity index (χ3n) is 5.52. The molecule has 0 spiro atoms. The number of amides is 3.